The van der Waals surface area contributed by atoms with E-state index < -0.39 is 18.2 Å². The van der Waals surface area contributed by atoms with E-state index in [2.05, 4.69) is 50.4 Å². The zero-order valence-electron chi connectivity index (χ0n) is 36.9. The van der Waals surface area contributed by atoms with E-state index in [1.54, 1.807) is 0 Å². The summed E-state index contributed by atoms with van der Waals surface area (Å²) in [6.07, 6.45) is 61.1. The van der Waals surface area contributed by atoms with E-state index in [0.29, 0.717) is 19.3 Å². The summed E-state index contributed by atoms with van der Waals surface area (Å²) in [6.45, 7) is 6.12. The van der Waals surface area contributed by atoms with Crippen molar-refractivity contribution in [2.45, 2.75) is 187 Å². The normalized spacial score (nSPS) is 14.5. The van der Waals surface area contributed by atoms with Crippen molar-refractivity contribution in [3.63, 3.8) is 0 Å². The van der Waals surface area contributed by atoms with E-state index >= 15 is 0 Å². The van der Waals surface area contributed by atoms with Crippen LogP contribution in [0.25, 0.3) is 0 Å². The smallest absolute Gasteiger partial charge is 0.306 e. The van der Waals surface area contributed by atoms with Crippen molar-refractivity contribution < 1.29 is 24.5 Å². The predicted octanol–water partition coefficient (Wildman–Crippen LogP) is 13.3. The first-order chi connectivity index (χ1) is 28.5. The molecule has 0 saturated carbocycles. The lowest BCUT2D eigenvalue weighted by Crippen LogP contribution is -2.46. The maximum atomic E-state index is 13.1. The molecular weight excluding hydrogens is 719 g/mol. The maximum absolute atomic E-state index is 13.1. The number of esters is 1. The number of carbonyl (C=O) groups excluding carboxylic acids is 2. The molecule has 0 heterocycles. The van der Waals surface area contributed by atoms with Gasteiger partial charge in [0.2, 0.25) is 5.91 Å². The van der Waals surface area contributed by atoms with Crippen LogP contribution in [0.1, 0.15) is 168 Å². The summed E-state index contributed by atoms with van der Waals surface area (Å²) in [5, 5.41) is 23.6. The highest BCUT2D eigenvalue weighted by Gasteiger charge is 2.23. The van der Waals surface area contributed by atoms with Gasteiger partial charge in [0.25, 0.3) is 0 Å². The summed E-state index contributed by atoms with van der Waals surface area (Å²) >= 11 is 0. The zero-order chi connectivity index (χ0) is 42.4. The van der Waals surface area contributed by atoms with Crippen LogP contribution in [-0.2, 0) is 14.3 Å². The van der Waals surface area contributed by atoms with E-state index in [9.17, 15) is 19.8 Å². The largest absolute Gasteiger partial charge is 0.462 e. The number of carbonyl (C=O) groups is 2. The molecule has 0 aromatic carbocycles. The molecular formula is C52H83NO5. The summed E-state index contributed by atoms with van der Waals surface area (Å²) in [4.78, 5) is 26.0. The Balaban J connectivity index is 4.85. The lowest BCUT2D eigenvalue weighted by Gasteiger charge is -2.24. The minimum absolute atomic E-state index is 0.00245. The van der Waals surface area contributed by atoms with E-state index in [0.717, 1.165) is 70.6 Å². The second kappa shape index (κ2) is 44.4. The van der Waals surface area contributed by atoms with E-state index in [1.165, 1.54) is 51.4 Å². The minimum Gasteiger partial charge on any atom is -0.462 e. The molecule has 3 N–H and O–H groups in total. The summed E-state index contributed by atoms with van der Waals surface area (Å²) in [5.74, 6) is -0.613. The number of amides is 1. The highest BCUT2D eigenvalue weighted by molar-refractivity contribution is 5.77. The maximum Gasteiger partial charge on any atom is 0.306 e. The molecule has 0 aliphatic carbocycles. The van der Waals surface area contributed by atoms with Crippen molar-refractivity contribution >= 4 is 11.9 Å². The fraction of sp³-hybridized carbons (Fsp3) is 0.577. The molecule has 0 bridgehead atoms. The Morgan fingerprint density at radius 3 is 1.43 bits per heavy atom. The molecule has 3 unspecified atom stereocenters. The predicted molar refractivity (Wildman–Crippen MR) is 250 cm³/mol. The standard InChI is InChI=1S/C52H83NO5/c1-4-7-10-13-16-19-22-24-25-27-30-33-36-39-42-45-52(57)58-48(43-40-37-34-31-29-26-23-20-17-14-11-8-5-2)46-51(56)53-49(47-54)50(55)44-41-38-35-32-28-21-18-15-12-9-6-3/h7-8,10-11,13-14,16-17,19-20,22-27,29-31,34,48-50,54-55H,4-6,9,12,15,18,21,28,32-33,35-47H2,1-3H3,(H,53,56)/b10-7+,11-8+,16-13+,17-14+,22-19-,23-20-,25-24-,29-26-,30-27+,34-31+. The number of allylic oxidation sites excluding steroid dienone is 20. The molecule has 0 radical (unpaired) electrons. The highest BCUT2D eigenvalue weighted by Crippen LogP contribution is 2.16. The summed E-state index contributed by atoms with van der Waals surface area (Å²) in [5.41, 5.74) is 0. The molecule has 58 heavy (non-hydrogen) atoms. The van der Waals surface area contributed by atoms with Gasteiger partial charge in [0.05, 0.1) is 25.2 Å². The van der Waals surface area contributed by atoms with Crippen LogP contribution in [-0.4, -0.2) is 46.9 Å². The molecule has 6 heteroatoms. The van der Waals surface area contributed by atoms with Gasteiger partial charge in [0.1, 0.15) is 6.10 Å². The van der Waals surface area contributed by atoms with Gasteiger partial charge < -0.3 is 20.3 Å². The second-order valence-corrected chi connectivity index (χ2v) is 14.9. The van der Waals surface area contributed by atoms with Crippen molar-refractivity contribution in [2.75, 3.05) is 6.61 Å². The minimum atomic E-state index is -0.821. The second-order valence-electron chi connectivity index (χ2n) is 14.9. The first-order valence-corrected chi connectivity index (χ1v) is 22.9. The number of hydrogen-bond donors (Lipinski definition) is 3. The third-order valence-electron chi connectivity index (χ3n) is 9.54. The third kappa shape index (κ3) is 39.1. The molecule has 0 aromatic heterocycles. The Morgan fingerprint density at radius 2 is 0.948 bits per heavy atom. The summed E-state index contributed by atoms with van der Waals surface area (Å²) in [7, 11) is 0. The Morgan fingerprint density at radius 1 is 0.517 bits per heavy atom. The molecule has 1 amide bonds. The lowest BCUT2D eigenvalue weighted by molar-refractivity contribution is -0.151. The van der Waals surface area contributed by atoms with Crippen molar-refractivity contribution in [2.24, 2.45) is 0 Å². The fourth-order valence-electron chi connectivity index (χ4n) is 6.12. The molecule has 0 spiro atoms. The van der Waals surface area contributed by atoms with Crippen LogP contribution in [0.2, 0.25) is 0 Å². The van der Waals surface area contributed by atoms with Gasteiger partial charge in [-0.3, -0.25) is 9.59 Å². The number of rotatable bonds is 38. The molecule has 0 aliphatic heterocycles. The van der Waals surface area contributed by atoms with Gasteiger partial charge in [-0.15, -0.1) is 0 Å². The van der Waals surface area contributed by atoms with Gasteiger partial charge in [0, 0.05) is 6.42 Å². The Hall–Kier alpha value is -3.74. The van der Waals surface area contributed by atoms with E-state index in [-0.39, 0.29) is 24.9 Å². The molecule has 0 rings (SSSR count). The van der Waals surface area contributed by atoms with Gasteiger partial charge in [-0.1, -0.05) is 219 Å². The van der Waals surface area contributed by atoms with Gasteiger partial charge in [0.15, 0.2) is 0 Å². The molecule has 0 aliphatic rings. The number of aliphatic hydroxyl groups excluding tert-OH is 2. The Bertz CT molecular complexity index is 1260. The molecule has 0 saturated heterocycles. The van der Waals surface area contributed by atoms with E-state index in [1.807, 2.05) is 97.2 Å². The number of hydrogen-bond acceptors (Lipinski definition) is 5. The van der Waals surface area contributed by atoms with Crippen LogP contribution in [0.15, 0.2) is 122 Å². The number of ether oxygens (including phenoxy) is 1. The fourth-order valence-corrected chi connectivity index (χ4v) is 6.12. The first-order valence-electron chi connectivity index (χ1n) is 22.9. The monoisotopic (exact) mass is 802 g/mol. The zero-order valence-corrected chi connectivity index (χ0v) is 36.9. The topological polar surface area (TPSA) is 95.9 Å². The van der Waals surface area contributed by atoms with Crippen molar-refractivity contribution in [3.8, 4) is 0 Å². The SMILES string of the molecule is CC/C=C/C=C/C=C\C=C/C=C/CCCCCC(=O)OC(CCC/C=C/C=C\C=C/C=C/C=C/CC)CC(=O)NC(CO)C(O)CCCCCCCCCCCCC. The van der Waals surface area contributed by atoms with E-state index in [4.69, 9.17) is 4.74 Å². The van der Waals surface area contributed by atoms with Gasteiger partial charge in [-0.25, -0.2) is 0 Å². The molecule has 0 fully saturated rings. The number of nitrogens with one attached hydrogen (secondary N) is 1. The average Bonchev–Trinajstić information content (AvgIpc) is 3.22. The molecule has 6 nitrogen and oxygen atoms in total. The van der Waals surface area contributed by atoms with Gasteiger partial charge in [-0.2, -0.15) is 0 Å². The summed E-state index contributed by atoms with van der Waals surface area (Å²) < 4.78 is 5.85. The van der Waals surface area contributed by atoms with Crippen LogP contribution >= 0.6 is 0 Å². The summed E-state index contributed by atoms with van der Waals surface area (Å²) in [6, 6.07) is -0.741. The highest BCUT2D eigenvalue weighted by atomic mass is 16.5. The van der Waals surface area contributed by atoms with Crippen LogP contribution in [0.3, 0.4) is 0 Å². The van der Waals surface area contributed by atoms with Crippen molar-refractivity contribution in [1.82, 2.24) is 5.32 Å². The first kappa shape index (κ1) is 54.3. The number of unbranched alkanes of at least 4 members (excludes halogenated alkanes) is 14. The van der Waals surface area contributed by atoms with Crippen LogP contribution in [0.4, 0.5) is 0 Å². The number of aliphatic hydroxyl groups is 2. The third-order valence-corrected chi connectivity index (χ3v) is 9.54. The average molecular weight is 802 g/mol. The van der Waals surface area contributed by atoms with Crippen LogP contribution in [0, 0.1) is 0 Å². The van der Waals surface area contributed by atoms with Crippen molar-refractivity contribution in [3.05, 3.63) is 122 Å². The van der Waals surface area contributed by atoms with Gasteiger partial charge >= 0.3 is 5.97 Å². The van der Waals surface area contributed by atoms with Crippen molar-refractivity contribution in [1.29, 1.82) is 0 Å². The van der Waals surface area contributed by atoms with Crippen LogP contribution < -0.4 is 5.32 Å². The lowest BCUT2D eigenvalue weighted by atomic mass is 10.0. The Kier molecular flexibility index (Phi) is 41.5. The molecule has 326 valence electrons. The van der Waals surface area contributed by atoms with Gasteiger partial charge in [-0.05, 0) is 57.8 Å². The molecule has 3 atom stereocenters. The molecule has 0 aromatic rings. The van der Waals surface area contributed by atoms with Crippen LogP contribution in [0.5, 0.6) is 0 Å². The Labute approximate surface area is 355 Å². The quantitative estimate of drug-likeness (QED) is 0.0328.